The van der Waals surface area contributed by atoms with E-state index < -0.39 is 18.5 Å². The Morgan fingerprint density at radius 1 is 0.400 bits per heavy atom. The van der Waals surface area contributed by atoms with Gasteiger partial charge in [0.15, 0.2) is 0 Å². The van der Waals surface area contributed by atoms with E-state index in [1.54, 1.807) is 37.2 Å². The van der Waals surface area contributed by atoms with Crippen LogP contribution in [0.15, 0.2) is 298 Å². The minimum Gasteiger partial charge on any atom is -0.537 e. The van der Waals surface area contributed by atoms with Crippen molar-refractivity contribution in [2.75, 3.05) is 33.2 Å². The molecule has 0 atom stereocenters. The summed E-state index contributed by atoms with van der Waals surface area (Å²) in [5.41, 5.74) is 15.4. The molecule has 0 fully saturated rings. The van der Waals surface area contributed by atoms with Crippen LogP contribution in [-0.4, -0.2) is 92.8 Å². The van der Waals surface area contributed by atoms with Crippen LogP contribution < -0.4 is 28.4 Å². The summed E-state index contributed by atoms with van der Waals surface area (Å²) in [6.07, 6.45) is 22.4. The van der Waals surface area contributed by atoms with Gasteiger partial charge in [0.05, 0.1) is 84.6 Å². The molecule has 8 bridgehead atoms. The van der Waals surface area contributed by atoms with Crippen LogP contribution in [-0.2, 0) is 100 Å². The molecule has 0 spiro atoms. The fraction of sp³-hybridized carbons (Fsp3) is 0.202. The number of hydrogen-bond acceptors (Lipinski definition) is 17. The maximum atomic E-state index is 12.3. The maximum absolute atomic E-state index is 12.3. The molecule has 5 aliphatic rings. The zero-order chi connectivity index (χ0) is 86.6. The summed E-state index contributed by atoms with van der Waals surface area (Å²) in [7, 11) is 0. The van der Waals surface area contributed by atoms with E-state index in [4.69, 9.17) is 38.4 Å². The van der Waals surface area contributed by atoms with Gasteiger partial charge in [0.2, 0.25) is 6.79 Å². The molecular formula is C104H90F4Ir3N12O6Re-3. The molecule has 26 heteroatoms. The van der Waals surface area contributed by atoms with E-state index in [1.165, 1.54) is 31.0 Å². The summed E-state index contributed by atoms with van der Waals surface area (Å²) >= 11 is 0. The molecule has 5 aliphatic heterocycles. The van der Waals surface area contributed by atoms with Crippen LogP contribution in [0.2, 0.25) is 0 Å². The van der Waals surface area contributed by atoms with Gasteiger partial charge in [0, 0.05) is 120 Å². The van der Waals surface area contributed by atoms with E-state index in [1.807, 2.05) is 237 Å². The van der Waals surface area contributed by atoms with Gasteiger partial charge in [-0.2, -0.15) is 13.2 Å². The number of benzene rings is 5. The monoisotopic (exact) mass is 2440 g/mol. The molecule has 667 valence electrons. The van der Waals surface area contributed by atoms with E-state index >= 15 is 0 Å². The van der Waals surface area contributed by atoms with E-state index in [-0.39, 0.29) is 99.0 Å². The van der Waals surface area contributed by atoms with Gasteiger partial charge in [-0.25, -0.2) is 9.37 Å². The quantitative estimate of drug-likeness (QED) is 0.0395. The summed E-state index contributed by atoms with van der Waals surface area (Å²) in [6, 6.07) is 98.2. The molecular weight excluding hydrogens is 2350 g/mol. The molecule has 0 N–H and O–H groups in total. The second kappa shape index (κ2) is 53.2. The first-order chi connectivity index (χ1) is 62.0. The van der Waals surface area contributed by atoms with Crippen molar-refractivity contribution in [3.63, 3.8) is 0 Å². The maximum Gasteiger partial charge on any atom is 3.00 e. The number of aryl methyl sites for hydroxylation is 1. The van der Waals surface area contributed by atoms with Crippen molar-refractivity contribution in [2.24, 2.45) is 0 Å². The van der Waals surface area contributed by atoms with Gasteiger partial charge in [-0.1, -0.05) is 166 Å². The molecule has 21 rings (SSSR count). The van der Waals surface area contributed by atoms with Crippen molar-refractivity contribution in [1.29, 1.82) is 0 Å². The predicted molar refractivity (Wildman–Crippen MR) is 478 cm³/mol. The number of ether oxygens (including phenoxy) is 6. The number of rotatable bonds is 20. The largest absolute Gasteiger partial charge is 3.00 e. The van der Waals surface area contributed by atoms with Crippen molar-refractivity contribution < 1.29 is 127 Å². The van der Waals surface area contributed by atoms with Gasteiger partial charge in [0.1, 0.15) is 29.7 Å². The zero-order valence-corrected chi connectivity index (χ0v) is 80.8. The number of fused-ring (bicyclic) bond motifs is 1. The summed E-state index contributed by atoms with van der Waals surface area (Å²) in [5.74, 6) is 4.34. The molecule has 16 aromatic rings. The zero-order valence-electron chi connectivity index (χ0n) is 70.9. The number of hydrogen-bond donors (Lipinski definition) is 0. The third-order valence-electron chi connectivity index (χ3n) is 19.8. The summed E-state index contributed by atoms with van der Waals surface area (Å²) in [4.78, 5) is 45.4. The third kappa shape index (κ3) is 30.0. The average Bonchev–Trinajstić information content (AvgIpc) is 0.868. The summed E-state index contributed by atoms with van der Waals surface area (Å²) < 4.78 is 86.4. The van der Waals surface area contributed by atoms with Crippen LogP contribution in [0.4, 0.5) is 17.6 Å². The molecule has 130 heavy (non-hydrogen) atoms. The Morgan fingerprint density at radius 2 is 0.938 bits per heavy atom. The molecule has 0 unspecified atom stereocenters. The van der Waals surface area contributed by atoms with Crippen molar-refractivity contribution in [1.82, 2.24) is 59.6 Å². The first-order valence-electron chi connectivity index (χ1n) is 42.0. The van der Waals surface area contributed by atoms with E-state index in [0.29, 0.717) is 49.6 Å². The van der Waals surface area contributed by atoms with E-state index in [9.17, 15) is 17.6 Å². The van der Waals surface area contributed by atoms with Crippen LogP contribution >= 0.6 is 0 Å². The standard InChI is InChI=1S/C41H36N3O2.C40H36N5O4.C13H12N.C10H6F4N3.3Ir.Re/c1(3-10-29-45-36-25-23-33(24-26-36)39-21-13-20-38(44-39)32-15-6-5-7-16-32)2-4-11-30-46-40-22-14-28-43-41(40)35-18-12-17-34(31-35)37-19-8-9-27-42-37;1-2-4-8-24-47-39-14-10-22-42-40(39)29-15-20-38(32(25-29)33-11-5-6-21-41-33)49-28-48-31-17-19-35(44-27-31)37-13-9-12-36(45-37)34-18-16-30(26-43-34)46-23-7-3-1;1-2-12-9-6-10-13(14-12)11-7-4-3-5-8-11;11-6-7-2-1-3-9(15-7)17-5-4-8(16-17)10(12,13)14;;;;/h5-9,12-15,17-23,25-28H,1-4,10-11,29-30H2;5-6,9-22,26-27H,1-4,7-8,23-24,28H2;3-7,9-10H,2H2,1H3;1-4H,6H2;;;;/q-3;3*-1;;;+3;. The van der Waals surface area contributed by atoms with Crippen LogP contribution in [0.5, 0.6) is 34.5 Å². The molecule has 0 saturated heterocycles. The van der Waals surface area contributed by atoms with Crippen LogP contribution in [0.1, 0.15) is 101 Å². The van der Waals surface area contributed by atoms with Crippen molar-refractivity contribution >= 4 is 0 Å². The first-order valence-corrected chi connectivity index (χ1v) is 42.0. The van der Waals surface area contributed by atoms with Crippen molar-refractivity contribution in [3.8, 4) is 142 Å². The summed E-state index contributed by atoms with van der Waals surface area (Å²) in [5, 5.41) is 3.28. The van der Waals surface area contributed by atoms with Gasteiger partial charge >= 0.3 is 26.3 Å². The number of halogens is 4. The Bertz CT molecular complexity index is 6040. The third-order valence-corrected chi connectivity index (χ3v) is 19.8. The smallest absolute Gasteiger partial charge is 0.537 e. The summed E-state index contributed by atoms with van der Waals surface area (Å²) in [6.45, 7) is 3.94. The fourth-order valence-corrected chi connectivity index (χ4v) is 13.3. The van der Waals surface area contributed by atoms with Gasteiger partial charge in [0.25, 0.3) is 0 Å². The van der Waals surface area contributed by atoms with Crippen LogP contribution in [0.3, 0.4) is 0 Å². The molecule has 0 aliphatic carbocycles. The Hall–Kier alpha value is -12.1. The Balaban J connectivity index is 0.000000199. The number of nitrogens with zero attached hydrogens (tertiary/aromatic N) is 12. The topological polar surface area (TPSA) is 202 Å². The van der Waals surface area contributed by atoms with E-state index in [0.717, 1.165) is 200 Å². The second-order valence-corrected chi connectivity index (χ2v) is 28.9. The van der Waals surface area contributed by atoms with Gasteiger partial charge < -0.3 is 43.1 Å². The normalized spacial score (nSPS) is 11.8. The Labute approximate surface area is 809 Å². The number of alkyl halides is 4. The Morgan fingerprint density at radius 3 is 1.56 bits per heavy atom. The molecule has 0 saturated carbocycles. The molecule has 16 heterocycles. The van der Waals surface area contributed by atoms with Gasteiger partial charge in [-0.15, -0.1) is 144 Å². The van der Waals surface area contributed by atoms with E-state index in [2.05, 4.69) is 88.4 Å². The molecule has 18 nitrogen and oxygen atoms in total. The van der Waals surface area contributed by atoms with Gasteiger partial charge in [-0.3, -0.25) is 40.0 Å². The molecule has 5 aromatic carbocycles. The molecule has 3 radical (unpaired) electrons. The fourth-order valence-electron chi connectivity index (χ4n) is 13.3. The average molecular weight is 2440 g/mol. The number of aromatic nitrogens is 12. The second-order valence-electron chi connectivity index (χ2n) is 28.9. The molecule has 0 amide bonds. The number of unbranched alkanes of at least 4 members (excludes halogenated alkanes) is 5. The Kier molecular flexibility index (Phi) is 40.9. The first kappa shape index (κ1) is 100. The van der Waals surface area contributed by atoms with Crippen LogP contribution in [0.25, 0.3) is 107 Å². The van der Waals surface area contributed by atoms with Gasteiger partial charge in [-0.05, 0) is 134 Å². The number of pyridine rings is 10. The predicted octanol–water partition coefficient (Wildman–Crippen LogP) is 24.1. The SMILES string of the molecule is CCc1cccc(-c2[c-]cccc2)n1.FCc1cccc(-n2[c-]cc(C(F)(F)F)n2)n1.[Ir+3].[Ir].[Ir].[Re].[c-]1c2ccc(c1-c1ccccn1)OCOc1ccc(nc1)-c1cccc(n1)-c1ccc(cn1)OCCCCCCCCOc1cccnc1-2.[c-]1ccccc1-c1cccc(-c2[c-]cc(OCCCCCCCCOc3cccnc3-c3[c-]c(-c4ccccn4)ccc3)cc2)n1. The molecule has 11 aromatic heterocycles. The van der Waals surface area contributed by atoms with Crippen molar-refractivity contribution in [2.45, 2.75) is 103 Å². The minimum atomic E-state index is -4.53. The van der Waals surface area contributed by atoms with Crippen molar-refractivity contribution in [3.05, 3.63) is 352 Å². The minimum absolute atomic E-state index is 0. The van der Waals surface area contributed by atoms with Crippen LogP contribution in [0, 0.1) is 36.5 Å².